The van der Waals surface area contributed by atoms with Crippen molar-refractivity contribution in [2.45, 2.75) is 26.3 Å². The maximum absolute atomic E-state index is 13.4. The van der Waals surface area contributed by atoms with Crippen molar-refractivity contribution in [1.82, 2.24) is 14.8 Å². The third-order valence-electron chi connectivity index (χ3n) is 5.72. The smallest absolute Gasteiger partial charge is 0.256 e. The molecule has 1 aliphatic rings. The molecule has 9 heteroatoms. The number of benzene rings is 1. The van der Waals surface area contributed by atoms with Gasteiger partial charge in [0, 0.05) is 5.69 Å². The average molecular weight is 467 g/mol. The molecule has 164 valence electrons. The number of anilines is 1. The monoisotopic (exact) mass is 466 g/mol. The summed E-state index contributed by atoms with van der Waals surface area (Å²) in [4.78, 5) is 19.1. The number of fused-ring (bicyclic) bond motifs is 1. The summed E-state index contributed by atoms with van der Waals surface area (Å²) in [5, 5.41) is 10.2. The Bertz CT molecular complexity index is 1420. The summed E-state index contributed by atoms with van der Waals surface area (Å²) in [6, 6.07) is 13.0. The molecule has 1 N–H and O–H groups in total. The molecule has 0 aliphatic carbocycles. The molecular weight excluding hydrogens is 444 g/mol. The third kappa shape index (κ3) is 3.82. The molecule has 1 aromatic carbocycles. The maximum atomic E-state index is 13.4. The molecule has 1 saturated heterocycles. The number of carbonyl (C=O) groups is 1. The Morgan fingerprint density at radius 3 is 2.62 bits per heavy atom. The van der Waals surface area contributed by atoms with Gasteiger partial charge in [-0.1, -0.05) is 23.8 Å². The molecule has 0 unspecified atom stereocenters. The van der Waals surface area contributed by atoms with E-state index in [9.17, 15) is 13.2 Å². The summed E-state index contributed by atoms with van der Waals surface area (Å²) in [6.07, 6.45) is 0.494. The number of amides is 1. The Morgan fingerprint density at radius 1 is 1.19 bits per heavy atom. The summed E-state index contributed by atoms with van der Waals surface area (Å²) in [7, 11) is -3.09. The van der Waals surface area contributed by atoms with Gasteiger partial charge in [0.2, 0.25) is 0 Å². The van der Waals surface area contributed by atoms with Crippen LogP contribution in [0, 0.1) is 13.8 Å². The number of aromatic nitrogens is 3. The first-order valence-corrected chi connectivity index (χ1v) is 13.0. The fourth-order valence-corrected chi connectivity index (χ4v) is 6.48. The highest BCUT2D eigenvalue weighted by atomic mass is 32.2. The lowest BCUT2D eigenvalue weighted by Gasteiger charge is -2.12. The lowest BCUT2D eigenvalue weighted by molar-refractivity contribution is 0.102. The van der Waals surface area contributed by atoms with E-state index in [4.69, 9.17) is 4.98 Å². The molecule has 1 amide bonds. The van der Waals surface area contributed by atoms with Crippen LogP contribution in [0.15, 0.2) is 47.8 Å². The molecule has 32 heavy (non-hydrogen) atoms. The number of rotatable bonds is 4. The van der Waals surface area contributed by atoms with E-state index in [2.05, 4.69) is 10.4 Å². The Kier molecular flexibility index (Phi) is 5.10. The van der Waals surface area contributed by atoms with Crippen LogP contribution < -0.4 is 5.32 Å². The Morgan fingerprint density at radius 2 is 1.97 bits per heavy atom. The summed E-state index contributed by atoms with van der Waals surface area (Å²) >= 11 is 1.54. The summed E-state index contributed by atoms with van der Waals surface area (Å²) < 4.78 is 25.9. The molecule has 0 bridgehead atoms. The number of nitrogens with zero attached hydrogens (tertiary/aromatic N) is 3. The summed E-state index contributed by atoms with van der Waals surface area (Å²) in [5.41, 5.74) is 4.16. The van der Waals surface area contributed by atoms with E-state index in [1.54, 1.807) is 10.7 Å². The molecule has 0 spiro atoms. The predicted octanol–water partition coefficient (Wildman–Crippen LogP) is 4.39. The lowest BCUT2D eigenvalue weighted by atomic mass is 10.1. The first-order valence-electron chi connectivity index (χ1n) is 10.3. The Balaban J connectivity index is 1.66. The number of carbonyl (C=O) groups excluding carboxylic acids is 1. The van der Waals surface area contributed by atoms with Crippen LogP contribution in [0.5, 0.6) is 0 Å². The normalized spacial score (nSPS) is 17.6. The van der Waals surface area contributed by atoms with Crippen LogP contribution >= 0.6 is 11.3 Å². The molecule has 1 fully saturated rings. The van der Waals surface area contributed by atoms with Crippen molar-refractivity contribution >= 4 is 43.8 Å². The molecule has 3 aromatic heterocycles. The van der Waals surface area contributed by atoms with Gasteiger partial charge in [-0.15, -0.1) is 11.3 Å². The van der Waals surface area contributed by atoms with Gasteiger partial charge in [0.05, 0.1) is 44.8 Å². The number of aryl methyl sites for hydroxylation is 2. The molecule has 0 radical (unpaired) electrons. The van der Waals surface area contributed by atoms with E-state index in [0.29, 0.717) is 40.1 Å². The van der Waals surface area contributed by atoms with Gasteiger partial charge in [-0.05, 0) is 49.9 Å². The molecular formula is C23H22N4O3S2. The first kappa shape index (κ1) is 20.8. The highest BCUT2D eigenvalue weighted by Crippen LogP contribution is 2.33. The molecule has 0 saturated carbocycles. The SMILES string of the molecule is Cc1ccc(NC(=O)c2cc(-c3cccs3)nc3c2c(C)nn3[C@H]2CCS(=O)(=O)C2)cc1. The zero-order valence-corrected chi connectivity index (χ0v) is 19.3. The second-order valence-corrected chi connectivity index (χ2v) is 11.3. The summed E-state index contributed by atoms with van der Waals surface area (Å²) in [5.74, 6) is -0.0663. The van der Waals surface area contributed by atoms with Crippen LogP contribution in [0.3, 0.4) is 0 Å². The zero-order valence-electron chi connectivity index (χ0n) is 17.7. The van der Waals surface area contributed by atoms with E-state index >= 15 is 0 Å². The van der Waals surface area contributed by atoms with Gasteiger partial charge in [0.15, 0.2) is 15.5 Å². The van der Waals surface area contributed by atoms with Gasteiger partial charge >= 0.3 is 0 Å². The molecule has 5 rings (SSSR count). The highest BCUT2D eigenvalue weighted by molar-refractivity contribution is 7.91. The minimum Gasteiger partial charge on any atom is -0.322 e. The van der Waals surface area contributed by atoms with Crippen LogP contribution in [0.4, 0.5) is 5.69 Å². The van der Waals surface area contributed by atoms with Crippen molar-refractivity contribution in [3.05, 3.63) is 64.7 Å². The van der Waals surface area contributed by atoms with Crippen molar-refractivity contribution in [1.29, 1.82) is 0 Å². The van der Waals surface area contributed by atoms with E-state index in [1.807, 2.05) is 55.6 Å². The number of thiophene rings is 1. The average Bonchev–Trinajstić information content (AvgIpc) is 3.48. The van der Waals surface area contributed by atoms with Gasteiger partial charge < -0.3 is 5.32 Å². The number of nitrogens with one attached hydrogen (secondary N) is 1. The number of sulfone groups is 1. The number of pyridine rings is 1. The predicted molar refractivity (Wildman–Crippen MR) is 127 cm³/mol. The van der Waals surface area contributed by atoms with Gasteiger partial charge in [-0.2, -0.15) is 5.10 Å². The third-order valence-corrected chi connectivity index (χ3v) is 8.36. The van der Waals surface area contributed by atoms with E-state index in [-0.39, 0.29) is 23.5 Å². The largest absolute Gasteiger partial charge is 0.322 e. The van der Waals surface area contributed by atoms with Crippen LogP contribution in [-0.2, 0) is 9.84 Å². The van der Waals surface area contributed by atoms with E-state index in [0.717, 1.165) is 10.4 Å². The fraction of sp³-hybridized carbons (Fsp3) is 0.261. The summed E-state index contributed by atoms with van der Waals surface area (Å²) in [6.45, 7) is 3.82. The molecule has 1 aliphatic heterocycles. The van der Waals surface area contributed by atoms with Crippen molar-refractivity contribution in [3.63, 3.8) is 0 Å². The Hall–Kier alpha value is -3.04. The van der Waals surface area contributed by atoms with Crippen molar-refractivity contribution in [2.24, 2.45) is 0 Å². The van der Waals surface area contributed by atoms with Crippen molar-refractivity contribution in [2.75, 3.05) is 16.8 Å². The van der Waals surface area contributed by atoms with Crippen molar-refractivity contribution in [3.8, 4) is 10.6 Å². The fourth-order valence-electron chi connectivity index (χ4n) is 4.10. The van der Waals surface area contributed by atoms with Gasteiger partial charge in [0.1, 0.15) is 0 Å². The minimum absolute atomic E-state index is 0.0407. The van der Waals surface area contributed by atoms with Crippen molar-refractivity contribution < 1.29 is 13.2 Å². The van der Waals surface area contributed by atoms with E-state index < -0.39 is 9.84 Å². The van der Waals surface area contributed by atoms with Crippen LogP contribution in [0.25, 0.3) is 21.6 Å². The molecule has 4 aromatic rings. The molecule has 1 atom stereocenters. The zero-order chi connectivity index (χ0) is 22.5. The Labute approximate surface area is 190 Å². The minimum atomic E-state index is -3.09. The van der Waals surface area contributed by atoms with Gasteiger partial charge in [-0.25, -0.2) is 18.1 Å². The quantitative estimate of drug-likeness (QED) is 0.481. The standard InChI is InChI=1S/C23H22N4O3S2/c1-14-5-7-16(8-6-14)24-23(28)18-12-19(20-4-3-10-31-20)25-22-21(18)15(2)26-27(22)17-9-11-32(29,30)13-17/h3-8,10,12,17H,9,11,13H2,1-2H3,(H,24,28)/t17-/m0/s1. The topological polar surface area (TPSA) is 93.9 Å². The number of hydrogen-bond donors (Lipinski definition) is 1. The number of hydrogen-bond acceptors (Lipinski definition) is 6. The molecule has 7 nitrogen and oxygen atoms in total. The van der Waals surface area contributed by atoms with Gasteiger partial charge in [-0.3, -0.25) is 4.79 Å². The first-order chi connectivity index (χ1) is 15.3. The maximum Gasteiger partial charge on any atom is 0.256 e. The lowest BCUT2D eigenvalue weighted by Crippen LogP contribution is -2.15. The molecule has 4 heterocycles. The van der Waals surface area contributed by atoms with Crippen LogP contribution in [-0.4, -0.2) is 40.6 Å². The second-order valence-electron chi connectivity index (χ2n) is 8.14. The highest BCUT2D eigenvalue weighted by Gasteiger charge is 2.32. The van der Waals surface area contributed by atoms with E-state index in [1.165, 1.54) is 11.3 Å². The van der Waals surface area contributed by atoms with Gasteiger partial charge in [0.25, 0.3) is 5.91 Å². The van der Waals surface area contributed by atoms with Crippen LogP contribution in [0.2, 0.25) is 0 Å². The van der Waals surface area contributed by atoms with Crippen LogP contribution in [0.1, 0.15) is 34.1 Å². The second kappa shape index (κ2) is 7.83.